The molecule has 0 aliphatic carbocycles. The highest BCUT2D eigenvalue weighted by molar-refractivity contribution is 8.27. The van der Waals surface area contributed by atoms with Crippen LogP contribution in [0.5, 0.6) is 5.75 Å². The zero-order chi connectivity index (χ0) is 17.3. The molecular weight excluding hydrogens is 385 g/mol. The molecule has 0 unspecified atom stereocenters. The van der Waals surface area contributed by atoms with E-state index in [4.69, 9.17) is 40.2 Å². The summed E-state index contributed by atoms with van der Waals surface area (Å²) in [6.45, 7) is 0. The fourth-order valence-electron chi connectivity index (χ4n) is 2.27. The van der Waals surface area contributed by atoms with Crippen molar-refractivity contribution < 1.29 is 9.53 Å². The molecule has 3 rings (SSSR count). The van der Waals surface area contributed by atoms with Crippen LogP contribution in [-0.4, -0.2) is 17.3 Å². The zero-order valence-electron chi connectivity index (χ0n) is 12.5. The van der Waals surface area contributed by atoms with Crippen LogP contribution in [0.2, 0.25) is 10.0 Å². The molecule has 1 amide bonds. The summed E-state index contributed by atoms with van der Waals surface area (Å²) >= 11 is 18.9. The van der Waals surface area contributed by atoms with E-state index >= 15 is 0 Å². The summed E-state index contributed by atoms with van der Waals surface area (Å²) in [7, 11) is 1.55. The van der Waals surface area contributed by atoms with Gasteiger partial charge in [0.2, 0.25) is 0 Å². The average Bonchev–Trinajstić information content (AvgIpc) is 2.85. The predicted molar refractivity (Wildman–Crippen MR) is 105 cm³/mol. The second-order valence-electron chi connectivity index (χ2n) is 4.82. The molecular formula is C17H11Cl2NO2S2. The molecule has 0 aromatic heterocycles. The molecule has 3 nitrogen and oxygen atoms in total. The number of hydrogen-bond donors (Lipinski definition) is 0. The van der Waals surface area contributed by atoms with Crippen LogP contribution in [0.1, 0.15) is 5.56 Å². The summed E-state index contributed by atoms with van der Waals surface area (Å²) in [6.07, 6.45) is 1.67. The van der Waals surface area contributed by atoms with Crippen LogP contribution < -0.4 is 9.64 Å². The summed E-state index contributed by atoms with van der Waals surface area (Å²) in [6, 6.07) is 12.4. The van der Waals surface area contributed by atoms with E-state index in [0.717, 1.165) is 0 Å². The molecule has 0 atom stereocenters. The number of thioether (sulfide) groups is 1. The molecule has 24 heavy (non-hydrogen) atoms. The molecule has 2 aromatic rings. The lowest BCUT2D eigenvalue weighted by Gasteiger charge is -2.17. The van der Waals surface area contributed by atoms with Gasteiger partial charge in [-0.3, -0.25) is 9.69 Å². The number of benzene rings is 2. The maximum atomic E-state index is 12.8. The molecule has 2 aromatic carbocycles. The van der Waals surface area contributed by atoms with Crippen molar-refractivity contribution in [3.8, 4) is 5.75 Å². The number of anilines is 1. The highest BCUT2D eigenvalue weighted by Gasteiger charge is 2.35. The van der Waals surface area contributed by atoms with Crippen molar-refractivity contribution in [3.63, 3.8) is 0 Å². The highest BCUT2D eigenvalue weighted by atomic mass is 35.5. The van der Waals surface area contributed by atoms with Gasteiger partial charge in [-0.05, 0) is 30.3 Å². The van der Waals surface area contributed by atoms with E-state index in [1.807, 2.05) is 12.1 Å². The van der Waals surface area contributed by atoms with Crippen LogP contribution in [0.15, 0.2) is 47.4 Å². The Morgan fingerprint density at radius 2 is 1.79 bits per heavy atom. The van der Waals surface area contributed by atoms with Gasteiger partial charge in [-0.25, -0.2) is 0 Å². The van der Waals surface area contributed by atoms with Gasteiger partial charge in [-0.1, -0.05) is 65.4 Å². The van der Waals surface area contributed by atoms with Gasteiger partial charge in [0.25, 0.3) is 5.91 Å². The average molecular weight is 396 g/mol. The van der Waals surface area contributed by atoms with Gasteiger partial charge in [-0.15, -0.1) is 0 Å². The smallest absolute Gasteiger partial charge is 0.270 e. The van der Waals surface area contributed by atoms with E-state index in [-0.39, 0.29) is 5.91 Å². The third-order valence-electron chi connectivity index (χ3n) is 3.39. The van der Waals surface area contributed by atoms with E-state index in [0.29, 0.717) is 36.3 Å². The number of carbonyl (C=O) groups is 1. The minimum atomic E-state index is -0.231. The Balaban J connectivity index is 2.02. The Bertz CT molecular complexity index is 847. The fraction of sp³-hybridized carbons (Fsp3) is 0.0588. The van der Waals surface area contributed by atoms with Gasteiger partial charge in [0.1, 0.15) is 5.75 Å². The molecule has 0 saturated carbocycles. The lowest BCUT2D eigenvalue weighted by atomic mass is 10.2. The summed E-state index contributed by atoms with van der Waals surface area (Å²) in [5.74, 6) is 0.344. The van der Waals surface area contributed by atoms with Crippen LogP contribution >= 0.6 is 47.2 Å². The Morgan fingerprint density at radius 1 is 1.12 bits per heavy atom. The number of thiocarbonyl (C=S) groups is 1. The Labute approximate surface area is 159 Å². The highest BCUT2D eigenvalue weighted by Crippen LogP contribution is 2.40. The van der Waals surface area contributed by atoms with Crippen LogP contribution in [0.3, 0.4) is 0 Å². The minimum absolute atomic E-state index is 0.231. The van der Waals surface area contributed by atoms with E-state index in [1.165, 1.54) is 16.7 Å². The van der Waals surface area contributed by atoms with Crippen molar-refractivity contribution in [2.24, 2.45) is 0 Å². The van der Waals surface area contributed by atoms with E-state index in [1.54, 1.807) is 43.5 Å². The molecule has 7 heteroatoms. The molecule has 1 aliphatic heterocycles. The van der Waals surface area contributed by atoms with Gasteiger partial charge >= 0.3 is 0 Å². The molecule has 1 aliphatic rings. The number of nitrogens with zero attached hydrogens (tertiary/aromatic N) is 1. The molecule has 1 saturated heterocycles. The molecule has 0 bridgehead atoms. The van der Waals surface area contributed by atoms with E-state index in [2.05, 4.69) is 0 Å². The lowest BCUT2D eigenvalue weighted by molar-refractivity contribution is -0.113. The molecule has 0 spiro atoms. The first-order valence-corrected chi connectivity index (χ1v) is 8.86. The van der Waals surface area contributed by atoms with Crippen LogP contribution in [0.25, 0.3) is 6.08 Å². The molecule has 1 fully saturated rings. The summed E-state index contributed by atoms with van der Waals surface area (Å²) in [4.78, 5) is 14.7. The SMILES string of the molecule is COc1ccccc1N1C(=O)C(=Cc2c(Cl)cccc2Cl)SC1=S. The Kier molecular flexibility index (Phi) is 5.15. The first-order chi connectivity index (χ1) is 11.5. The van der Waals surface area contributed by atoms with Crippen molar-refractivity contribution in [3.05, 3.63) is 63.0 Å². The number of hydrogen-bond acceptors (Lipinski definition) is 4. The van der Waals surface area contributed by atoms with Crippen molar-refractivity contribution in [1.29, 1.82) is 0 Å². The van der Waals surface area contributed by atoms with Crippen LogP contribution in [-0.2, 0) is 4.79 Å². The Morgan fingerprint density at radius 3 is 2.46 bits per heavy atom. The van der Waals surface area contributed by atoms with Gasteiger partial charge < -0.3 is 4.74 Å². The van der Waals surface area contributed by atoms with Crippen molar-refractivity contribution >= 4 is 69.2 Å². The number of rotatable bonds is 3. The van der Waals surface area contributed by atoms with Gasteiger partial charge in [0, 0.05) is 15.6 Å². The first kappa shape index (κ1) is 17.3. The number of methoxy groups -OCH3 is 1. The van der Waals surface area contributed by atoms with Gasteiger partial charge in [-0.2, -0.15) is 0 Å². The lowest BCUT2D eigenvalue weighted by Crippen LogP contribution is -2.27. The topological polar surface area (TPSA) is 29.5 Å². The number of carbonyl (C=O) groups excluding carboxylic acids is 1. The zero-order valence-corrected chi connectivity index (χ0v) is 15.6. The maximum Gasteiger partial charge on any atom is 0.270 e. The van der Waals surface area contributed by atoms with Crippen LogP contribution in [0, 0.1) is 0 Å². The summed E-state index contributed by atoms with van der Waals surface area (Å²) in [5, 5.41) is 0.954. The van der Waals surface area contributed by atoms with Crippen molar-refractivity contribution in [2.45, 2.75) is 0 Å². The van der Waals surface area contributed by atoms with E-state index in [9.17, 15) is 4.79 Å². The Hall–Kier alpha value is -1.53. The van der Waals surface area contributed by atoms with Gasteiger partial charge in [0.15, 0.2) is 4.32 Å². The monoisotopic (exact) mass is 395 g/mol. The molecule has 0 N–H and O–H groups in total. The second-order valence-corrected chi connectivity index (χ2v) is 7.31. The maximum absolute atomic E-state index is 12.8. The largest absolute Gasteiger partial charge is 0.495 e. The quantitative estimate of drug-likeness (QED) is 0.513. The standard InChI is InChI=1S/C17H11Cl2NO2S2/c1-22-14-8-3-2-7-13(14)20-16(21)15(24-17(20)23)9-10-11(18)5-4-6-12(10)19/h2-9H,1H3. The van der Waals surface area contributed by atoms with Gasteiger partial charge in [0.05, 0.1) is 17.7 Å². The number of amides is 1. The van der Waals surface area contributed by atoms with Crippen molar-refractivity contribution in [2.75, 3.05) is 12.0 Å². The second kappa shape index (κ2) is 7.15. The minimum Gasteiger partial charge on any atom is -0.495 e. The number of para-hydroxylation sites is 2. The summed E-state index contributed by atoms with van der Waals surface area (Å²) < 4.78 is 5.75. The van der Waals surface area contributed by atoms with E-state index < -0.39 is 0 Å². The third kappa shape index (κ3) is 3.17. The predicted octanol–water partition coefficient (Wildman–Crippen LogP) is 5.41. The normalized spacial score (nSPS) is 16.1. The van der Waals surface area contributed by atoms with Crippen molar-refractivity contribution in [1.82, 2.24) is 0 Å². The fourth-order valence-corrected chi connectivity index (χ4v) is 4.04. The number of halogens is 2. The number of ether oxygens (including phenoxy) is 1. The molecule has 1 heterocycles. The van der Waals surface area contributed by atoms with Crippen LogP contribution in [0.4, 0.5) is 5.69 Å². The molecule has 0 radical (unpaired) electrons. The molecule has 122 valence electrons. The third-order valence-corrected chi connectivity index (χ3v) is 5.36. The first-order valence-electron chi connectivity index (χ1n) is 6.88. The summed E-state index contributed by atoms with van der Waals surface area (Å²) in [5.41, 5.74) is 1.21.